The number of pyridine rings is 1. The van der Waals surface area contributed by atoms with Gasteiger partial charge in [-0.05, 0) is 12.1 Å². The molecule has 0 aliphatic rings. The molecular formula is C5H7NO6P2. The Labute approximate surface area is 79.2 Å². The first-order valence-corrected chi connectivity index (χ1v) is 6.42. The summed E-state index contributed by atoms with van der Waals surface area (Å²) in [5.74, 6) is 0. The van der Waals surface area contributed by atoms with Crippen molar-refractivity contribution in [3.8, 4) is 0 Å². The average Bonchev–Trinajstić information content (AvgIpc) is 2.01. The quantitative estimate of drug-likeness (QED) is 0.635. The summed E-state index contributed by atoms with van der Waals surface area (Å²) in [4.78, 5) is 29.3. The van der Waals surface area contributed by atoms with E-state index in [2.05, 4.69) is 9.29 Å². The highest BCUT2D eigenvalue weighted by Crippen LogP contribution is 2.55. The summed E-state index contributed by atoms with van der Waals surface area (Å²) in [6.07, 6.45) is 2.34. The highest BCUT2D eigenvalue weighted by Gasteiger charge is 2.32. The molecule has 0 saturated heterocycles. The number of hydrogen-bond donors (Lipinski definition) is 3. The first-order chi connectivity index (χ1) is 6.31. The monoisotopic (exact) mass is 239 g/mol. The van der Waals surface area contributed by atoms with Crippen LogP contribution in [0.2, 0.25) is 0 Å². The molecule has 1 aromatic rings. The van der Waals surface area contributed by atoms with Crippen LogP contribution in [-0.4, -0.2) is 19.7 Å². The van der Waals surface area contributed by atoms with Crippen molar-refractivity contribution >= 4 is 20.7 Å². The van der Waals surface area contributed by atoms with E-state index in [-0.39, 0.29) is 5.30 Å². The Kier molecular flexibility index (Phi) is 3.21. The molecule has 1 aromatic heterocycles. The molecule has 0 radical (unpaired) electrons. The molecule has 0 aliphatic carbocycles. The van der Waals surface area contributed by atoms with Crippen LogP contribution in [0, 0.1) is 0 Å². The van der Waals surface area contributed by atoms with Crippen LogP contribution in [0.5, 0.6) is 0 Å². The summed E-state index contributed by atoms with van der Waals surface area (Å²) in [5, 5.41) is -0.275. The number of phosphoric acid groups is 1. The number of nitrogens with zero attached hydrogens (tertiary/aromatic N) is 1. The molecule has 1 unspecified atom stereocenters. The van der Waals surface area contributed by atoms with Crippen LogP contribution in [0.25, 0.3) is 0 Å². The van der Waals surface area contributed by atoms with Crippen molar-refractivity contribution in [1.29, 1.82) is 0 Å². The second-order valence-corrected chi connectivity index (χ2v) is 5.50. The van der Waals surface area contributed by atoms with Gasteiger partial charge in [-0.15, -0.1) is 0 Å². The van der Waals surface area contributed by atoms with Crippen LogP contribution in [0.4, 0.5) is 0 Å². The topological polar surface area (TPSA) is 117 Å². The Morgan fingerprint density at radius 2 is 1.93 bits per heavy atom. The minimum absolute atomic E-state index is 0.275. The number of rotatable bonds is 3. The molecule has 0 bridgehead atoms. The molecule has 3 N–H and O–H groups in total. The number of aromatic nitrogens is 1. The van der Waals surface area contributed by atoms with E-state index in [0.717, 1.165) is 6.20 Å². The fourth-order valence-electron chi connectivity index (χ4n) is 0.712. The highest BCUT2D eigenvalue weighted by atomic mass is 31.3. The van der Waals surface area contributed by atoms with Crippen LogP contribution >= 0.6 is 15.4 Å². The van der Waals surface area contributed by atoms with Crippen molar-refractivity contribution in [3.05, 3.63) is 24.5 Å². The molecule has 0 saturated carbocycles. The van der Waals surface area contributed by atoms with E-state index in [1.165, 1.54) is 18.3 Å². The Morgan fingerprint density at radius 3 is 2.36 bits per heavy atom. The third-order valence-corrected chi connectivity index (χ3v) is 3.84. The third kappa shape index (κ3) is 3.31. The van der Waals surface area contributed by atoms with Gasteiger partial charge in [0.05, 0.1) is 5.30 Å². The highest BCUT2D eigenvalue weighted by molar-refractivity contribution is 7.68. The summed E-state index contributed by atoms with van der Waals surface area (Å²) in [6, 6.07) is 2.53. The van der Waals surface area contributed by atoms with E-state index in [1.807, 2.05) is 0 Å². The van der Waals surface area contributed by atoms with Crippen LogP contribution in [0.1, 0.15) is 0 Å². The van der Waals surface area contributed by atoms with Gasteiger partial charge in [0.25, 0.3) is 0 Å². The Morgan fingerprint density at radius 1 is 1.29 bits per heavy atom. The Bertz CT molecular complexity index is 400. The number of hydrogen-bond acceptors (Lipinski definition) is 4. The maximum atomic E-state index is 11.2. The van der Waals surface area contributed by atoms with E-state index in [0.29, 0.717) is 0 Å². The molecule has 0 spiro atoms. The molecule has 7 nitrogen and oxygen atoms in total. The van der Waals surface area contributed by atoms with E-state index in [4.69, 9.17) is 14.7 Å². The van der Waals surface area contributed by atoms with Gasteiger partial charge in [-0.1, -0.05) is 0 Å². The van der Waals surface area contributed by atoms with Crippen molar-refractivity contribution in [2.24, 2.45) is 0 Å². The van der Waals surface area contributed by atoms with Gasteiger partial charge in [0.15, 0.2) is 0 Å². The zero-order valence-electron chi connectivity index (χ0n) is 6.72. The lowest BCUT2D eigenvalue weighted by Gasteiger charge is -2.11. The predicted molar refractivity (Wildman–Crippen MR) is 46.8 cm³/mol. The first-order valence-electron chi connectivity index (χ1n) is 3.31. The summed E-state index contributed by atoms with van der Waals surface area (Å²) in [7, 11) is -9.49. The first kappa shape index (κ1) is 11.5. The zero-order chi connectivity index (χ0) is 10.8. The SMILES string of the molecule is O=P(O)(O)OP(=O)(O)c1cccnc1. The lowest BCUT2D eigenvalue weighted by molar-refractivity contribution is 0.268. The maximum absolute atomic E-state index is 11.2. The van der Waals surface area contributed by atoms with Gasteiger partial charge in [-0.2, -0.15) is 0 Å². The molecule has 0 aliphatic heterocycles. The summed E-state index contributed by atoms with van der Waals surface area (Å²) in [6.45, 7) is 0. The normalized spacial score (nSPS) is 16.2. The molecule has 0 aromatic carbocycles. The second-order valence-electron chi connectivity index (χ2n) is 2.30. The van der Waals surface area contributed by atoms with Gasteiger partial charge in [-0.25, -0.2) is 8.88 Å². The predicted octanol–water partition coefficient (Wildman–Crippen LogP) is 0.00160. The molecule has 1 heterocycles. The van der Waals surface area contributed by atoms with Crippen molar-refractivity contribution in [3.63, 3.8) is 0 Å². The summed E-state index contributed by atoms with van der Waals surface area (Å²) < 4.78 is 25.3. The molecule has 1 atom stereocenters. The van der Waals surface area contributed by atoms with Crippen LogP contribution in [0.15, 0.2) is 24.5 Å². The molecule has 78 valence electrons. The van der Waals surface area contributed by atoms with E-state index in [1.54, 1.807) is 0 Å². The van der Waals surface area contributed by atoms with Gasteiger partial charge in [0.1, 0.15) is 0 Å². The molecular weight excluding hydrogens is 232 g/mol. The average molecular weight is 239 g/mol. The Hall–Kier alpha value is -0.550. The second kappa shape index (κ2) is 3.90. The molecule has 14 heavy (non-hydrogen) atoms. The molecule has 0 amide bonds. The summed E-state index contributed by atoms with van der Waals surface area (Å²) >= 11 is 0. The van der Waals surface area contributed by atoms with E-state index < -0.39 is 15.4 Å². The zero-order valence-corrected chi connectivity index (χ0v) is 8.51. The van der Waals surface area contributed by atoms with Gasteiger partial charge in [0, 0.05) is 12.4 Å². The van der Waals surface area contributed by atoms with Crippen molar-refractivity contribution in [2.45, 2.75) is 0 Å². The largest absolute Gasteiger partial charge is 0.477 e. The van der Waals surface area contributed by atoms with E-state index in [9.17, 15) is 9.13 Å². The standard InChI is InChI=1S/C5H7NO6P2/c7-13(8,12-14(9,10)11)5-2-1-3-6-4-5/h1-4H,(H,7,8)(H2,9,10,11). The summed E-state index contributed by atoms with van der Waals surface area (Å²) in [5.41, 5.74) is 0. The lowest BCUT2D eigenvalue weighted by Crippen LogP contribution is -2.06. The molecule has 9 heteroatoms. The van der Waals surface area contributed by atoms with Gasteiger partial charge in [0.2, 0.25) is 0 Å². The van der Waals surface area contributed by atoms with Crippen LogP contribution in [0.3, 0.4) is 0 Å². The maximum Gasteiger partial charge on any atom is 0.477 e. The van der Waals surface area contributed by atoms with Gasteiger partial charge in [-0.3, -0.25) is 9.55 Å². The van der Waals surface area contributed by atoms with Crippen molar-refractivity contribution in [2.75, 3.05) is 0 Å². The van der Waals surface area contributed by atoms with Gasteiger partial charge >= 0.3 is 15.4 Å². The van der Waals surface area contributed by atoms with Gasteiger partial charge < -0.3 is 14.7 Å². The molecule has 1 rings (SSSR count). The lowest BCUT2D eigenvalue weighted by atomic mass is 10.5. The van der Waals surface area contributed by atoms with Crippen LogP contribution in [-0.2, 0) is 13.4 Å². The van der Waals surface area contributed by atoms with Crippen molar-refractivity contribution < 1.29 is 28.1 Å². The fourth-order valence-corrected chi connectivity index (χ4v) is 2.73. The smallest absolute Gasteiger partial charge is 0.321 e. The molecule has 0 fully saturated rings. The fraction of sp³-hybridized carbons (Fsp3) is 0. The minimum atomic E-state index is -4.99. The minimum Gasteiger partial charge on any atom is -0.321 e. The van der Waals surface area contributed by atoms with Crippen LogP contribution < -0.4 is 5.30 Å². The Balaban J connectivity index is 2.98. The van der Waals surface area contributed by atoms with Crippen molar-refractivity contribution in [1.82, 2.24) is 4.98 Å². The third-order valence-electron chi connectivity index (χ3n) is 1.19. The van der Waals surface area contributed by atoms with E-state index >= 15 is 0 Å².